The number of fused-ring (bicyclic) bond motifs is 4. The number of likely N-dealkylation sites (tertiary alicyclic amines) is 1. The molecule has 3 N–H and O–H groups in total. The molecule has 17 heteroatoms. The van der Waals surface area contributed by atoms with Crippen molar-refractivity contribution in [3.05, 3.63) is 71.7 Å². The number of phenolic OH excluding ortho intramolecular Hbond substituents is 1. The number of methoxy groups -OCH3 is 1. The fraction of sp³-hybridized carbons (Fsp3) is 0.552. The Hall–Kier alpha value is -6.17. The van der Waals surface area contributed by atoms with Gasteiger partial charge in [-0.15, -0.1) is 0 Å². The maximum Gasteiger partial charge on any atom is 0.328 e. The number of hydrogen-bond donors (Lipinski definition) is 3. The Bertz CT molecular complexity index is 3000. The van der Waals surface area contributed by atoms with Crippen molar-refractivity contribution in [1.82, 2.24) is 40.3 Å². The largest absolute Gasteiger partial charge is 0.508 e. The summed E-state index contributed by atoms with van der Waals surface area (Å²) < 4.78 is 29.4. The summed E-state index contributed by atoms with van der Waals surface area (Å²) in [4.78, 5) is 63.9. The predicted octanol–water partition coefficient (Wildman–Crippen LogP) is 7.93. The van der Waals surface area contributed by atoms with E-state index in [1.807, 2.05) is 23.1 Å². The van der Waals surface area contributed by atoms with Gasteiger partial charge in [-0.2, -0.15) is 9.97 Å². The molecule has 2 aliphatic carbocycles. The molecular weight excluding hydrogens is 952 g/mol. The van der Waals surface area contributed by atoms with Crippen LogP contribution in [0.2, 0.25) is 0 Å². The van der Waals surface area contributed by atoms with E-state index in [0.717, 1.165) is 127 Å². The number of piperazine rings is 1. The number of ether oxygens (including phenoxy) is 2. The highest BCUT2D eigenvalue weighted by Gasteiger charge is 2.46. The van der Waals surface area contributed by atoms with Gasteiger partial charge in [0.25, 0.3) is 5.91 Å². The number of pyridine rings is 1. The third-order valence-corrected chi connectivity index (χ3v) is 18.2. The van der Waals surface area contributed by atoms with Crippen molar-refractivity contribution in [3.8, 4) is 28.8 Å². The first kappa shape index (κ1) is 49.7. The lowest BCUT2D eigenvalue weighted by Gasteiger charge is -2.47. The number of urea groups is 1. The summed E-state index contributed by atoms with van der Waals surface area (Å²) in [5.74, 6) is 1.01. The molecule has 12 rings (SSSR count). The van der Waals surface area contributed by atoms with Gasteiger partial charge in [0, 0.05) is 113 Å². The van der Waals surface area contributed by atoms with Crippen LogP contribution in [0, 0.1) is 22.6 Å². The summed E-state index contributed by atoms with van der Waals surface area (Å²) >= 11 is 0. The molecule has 5 aromatic rings. The van der Waals surface area contributed by atoms with Crippen LogP contribution < -0.4 is 29.9 Å². The monoisotopic (exact) mass is 1020 g/mol. The van der Waals surface area contributed by atoms with E-state index in [-0.39, 0.29) is 58.6 Å². The first-order valence-electron chi connectivity index (χ1n) is 27.7. The Morgan fingerprint density at radius 1 is 0.867 bits per heavy atom. The Kier molecular flexibility index (Phi) is 13.5. The highest BCUT2D eigenvalue weighted by molar-refractivity contribution is 6.07. The molecule has 4 amide bonds. The number of phenols is 1. The zero-order valence-corrected chi connectivity index (χ0v) is 43.6. The lowest BCUT2D eigenvalue weighted by Crippen LogP contribution is -2.50. The average molecular weight is 1020 g/mol. The van der Waals surface area contributed by atoms with Gasteiger partial charge in [0.1, 0.15) is 28.5 Å². The number of carbonyl (C=O) groups excluding carboxylic acids is 3. The molecule has 16 nitrogen and oxygen atoms in total. The van der Waals surface area contributed by atoms with Crippen LogP contribution in [0.1, 0.15) is 99.9 Å². The van der Waals surface area contributed by atoms with Crippen molar-refractivity contribution < 1.29 is 33.4 Å². The fourth-order valence-corrected chi connectivity index (χ4v) is 13.5. The molecule has 1 spiro atoms. The number of nitrogens with zero attached hydrogens (tertiary/aromatic N) is 8. The maximum atomic E-state index is 17.3. The van der Waals surface area contributed by atoms with Crippen molar-refractivity contribution in [2.24, 2.45) is 16.7 Å². The highest BCUT2D eigenvalue weighted by Crippen LogP contribution is 2.49. The molecule has 7 heterocycles. The summed E-state index contributed by atoms with van der Waals surface area (Å²) in [6.07, 6.45) is 14.9. The van der Waals surface area contributed by atoms with Crippen LogP contribution in [0.4, 0.5) is 20.7 Å². The number of nitrogens with one attached hydrogen (secondary N) is 2. The van der Waals surface area contributed by atoms with E-state index in [2.05, 4.69) is 32.3 Å². The van der Waals surface area contributed by atoms with Gasteiger partial charge in [0.2, 0.25) is 5.91 Å². The van der Waals surface area contributed by atoms with Crippen molar-refractivity contribution in [2.45, 2.75) is 102 Å². The number of aryl methyl sites for hydroxylation is 1. The molecule has 2 unspecified atom stereocenters. The van der Waals surface area contributed by atoms with Crippen molar-refractivity contribution >= 4 is 51.0 Å². The van der Waals surface area contributed by atoms with Gasteiger partial charge in [0.05, 0.1) is 24.8 Å². The number of aromatic hydroxyl groups is 1. The van der Waals surface area contributed by atoms with E-state index < -0.39 is 11.8 Å². The summed E-state index contributed by atoms with van der Waals surface area (Å²) in [5, 5.41) is 19.2. The maximum absolute atomic E-state index is 17.3. The minimum Gasteiger partial charge on any atom is -0.508 e. The third-order valence-electron chi connectivity index (χ3n) is 18.2. The smallest absolute Gasteiger partial charge is 0.328 e. The molecular formula is C58H71FN10O6. The second-order valence-electron chi connectivity index (χ2n) is 23.0. The third kappa shape index (κ3) is 10.1. The molecule has 5 saturated heterocycles. The summed E-state index contributed by atoms with van der Waals surface area (Å²) in [6.45, 7) is 12.0. The van der Waals surface area contributed by atoms with Gasteiger partial charge < -0.3 is 39.5 Å². The van der Waals surface area contributed by atoms with Crippen LogP contribution in [0.5, 0.6) is 17.5 Å². The van der Waals surface area contributed by atoms with E-state index in [4.69, 9.17) is 24.4 Å². The normalized spacial score (nSPS) is 23.2. The van der Waals surface area contributed by atoms with Crippen LogP contribution >= 0.6 is 0 Å². The summed E-state index contributed by atoms with van der Waals surface area (Å²) in [6, 6.07) is 15.0. The number of amides is 4. The lowest BCUT2D eigenvalue weighted by atomic mass is 9.65. The van der Waals surface area contributed by atoms with Gasteiger partial charge in [-0.05, 0) is 135 Å². The summed E-state index contributed by atoms with van der Waals surface area (Å²) in [7, 11) is 1.54. The van der Waals surface area contributed by atoms with Crippen LogP contribution in [0.3, 0.4) is 0 Å². The molecule has 2 atom stereocenters. The predicted molar refractivity (Wildman–Crippen MR) is 286 cm³/mol. The van der Waals surface area contributed by atoms with E-state index in [1.54, 1.807) is 36.5 Å². The second kappa shape index (κ2) is 20.4. The SMILES string of the molecule is CCc1cccc2cc(O)cc(-c3ncc4c(N5CCC6CCC(C5)N6)nc(OCC5(CN6CCN(CC7CCC8(CC7)CCN(C(=O)c7ccc(OC)c(N9CCC(=O)NC9=O)c7)CC8)CC6)CC5)nc4c3F)c12. The number of hydrogen-bond acceptors (Lipinski definition) is 13. The van der Waals surface area contributed by atoms with Gasteiger partial charge in [0.15, 0.2) is 5.82 Å². The van der Waals surface area contributed by atoms with Crippen LogP contribution in [-0.4, -0.2) is 150 Å². The standard InChI is InChI=1S/C58H71FN10O6/c1-3-38-5-4-6-39-29-43(70)31-44(49(38)39)51-50(59)52-45(32-60-51)53(68-21-13-41-8-9-42(34-68)61-41)64-55(63-52)75-36-58(17-18-58)35-66-27-25-65(26-28-66)33-37-11-15-57(16-12-37)19-23-67(24-20-57)54(72)40-7-10-47(74-2)46(30-40)69-22-14-48(71)62-56(69)73/h4-7,10,29-32,37,41-42,61,70H,3,8-9,11-28,33-36H2,1-2H3,(H,62,71,73). The Morgan fingerprint density at radius 2 is 1.65 bits per heavy atom. The summed E-state index contributed by atoms with van der Waals surface area (Å²) in [5.41, 5.74) is 3.25. The van der Waals surface area contributed by atoms with Gasteiger partial charge >= 0.3 is 12.0 Å². The van der Waals surface area contributed by atoms with E-state index >= 15 is 4.39 Å². The molecule has 2 aromatic heterocycles. The van der Waals surface area contributed by atoms with Crippen molar-refractivity contribution in [3.63, 3.8) is 0 Å². The minimum absolute atomic E-state index is 0.00863. The average Bonchev–Trinajstić information content (AvgIpc) is 4.10. The number of carbonyl (C=O) groups is 3. The second-order valence-corrected chi connectivity index (χ2v) is 23.0. The Balaban J connectivity index is 0.655. The topological polar surface area (TPSA) is 169 Å². The molecule has 5 aliphatic heterocycles. The number of halogens is 1. The Morgan fingerprint density at radius 3 is 2.41 bits per heavy atom. The van der Waals surface area contributed by atoms with Crippen LogP contribution in [-0.2, 0) is 11.2 Å². The van der Waals surface area contributed by atoms with E-state index in [0.29, 0.717) is 58.4 Å². The number of rotatable bonds is 13. The van der Waals surface area contributed by atoms with E-state index in [1.165, 1.54) is 44.1 Å². The molecule has 0 radical (unpaired) electrons. The van der Waals surface area contributed by atoms with Crippen molar-refractivity contribution in [2.75, 3.05) is 95.5 Å². The Labute approximate surface area is 438 Å². The number of benzene rings is 3. The first-order valence-corrected chi connectivity index (χ1v) is 27.7. The molecule has 75 heavy (non-hydrogen) atoms. The zero-order chi connectivity index (χ0) is 51.4. The highest BCUT2D eigenvalue weighted by atomic mass is 19.1. The van der Waals surface area contributed by atoms with Gasteiger partial charge in [-0.1, -0.05) is 25.1 Å². The molecule has 3 aromatic carbocycles. The number of anilines is 2. The number of aromatic nitrogens is 3. The molecule has 396 valence electrons. The van der Waals surface area contributed by atoms with Crippen LogP contribution in [0.15, 0.2) is 54.7 Å². The lowest BCUT2D eigenvalue weighted by molar-refractivity contribution is -0.120. The van der Waals surface area contributed by atoms with Crippen molar-refractivity contribution in [1.29, 1.82) is 0 Å². The molecule has 7 fully saturated rings. The first-order chi connectivity index (χ1) is 36.4. The van der Waals surface area contributed by atoms with Gasteiger partial charge in [-0.3, -0.25) is 24.8 Å². The van der Waals surface area contributed by atoms with Gasteiger partial charge in [-0.25, -0.2) is 9.18 Å². The minimum atomic E-state index is -0.538. The quantitative estimate of drug-likeness (QED) is 0.104. The van der Waals surface area contributed by atoms with Crippen LogP contribution in [0.25, 0.3) is 32.9 Å². The fourth-order valence-electron chi connectivity index (χ4n) is 13.5. The number of imide groups is 1. The molecule has 2 bridgehead atoms. The molecule has 7 aliphatic rings. The molecule has 2 saturated carbocycles. The van der Waals surface area contributed by atoms with E-state index in [9.17, 15) is 19.5 Å². The zero-order valence-electron chi connectivity index (χ0n) is 43.6. The number of piperidine rings is 1.